The van der Waals surface area contributed by atoms with Crippen molar-refractivity contribution >= 4 is 0 Å². The predicted molar refractivity (Wildman–Crippen MR) is 86.6 cm³/mol. The predicted octanol–water partition coefficient (Wildman–Crippen LogP) is 1.36. The first-order valence-corrected chi connectivity index (χ1v) is 8.31. The molecular formula is C18H30ClNO2. The second-order valence-corrected chi connectivity index (χ2v) is 6.77. The fourth-order valence-electron chi connectivity index (χ4n) is 2.93. The summed E-state index contributed by atoms with van der Waals surface area (Å²) in [6, 6.07) is 6.32. The maximum atomic E-state index is 5.46. The Morgan fingerprint density at radius 1 is 0.955 bits per heavy atom. The minimum absolute atomic E-state index is 0. The van der Waals surface area contributed by atoms with Crippen molar-refractivity contribution in [3.8, 4) is 11.5 Å². The zero-order chi connectivity index (χ0) is 15.1. The molecule has 0 radical (unpaired) electrons. The maximum Gasteiger partial charge on any atom is 0.231 e. The molecule has 0 saturated carbocycles. The van der Waals surface area contributed by atoms with E-state index in [0.29, 0.717) is 6.79 Å². The normalized spacial score (nSPS) is 13.0. The van der Waals surface area contributed by atoms with E-state index in [1.165, 1.54) is 50.6 Å². The molecule has 0 fully saturated rings. The monoisotopic (exact) mass is 327 g/mol. The van der Waals surface area contributed by atoms with Crippen LogP contribution >= 0.6 is 0 Å². The number of ether oxygens (including phenoxy) is 2. The van der Waals surface area contributed by atoms with Crippen LogP contribution in [0.4, 0.5) is 0 Å². The highest BCUT2D eigenvalue weighted by molar-refractivity contribution is 5.44. The standard InChI is InChI=1S/C18H30NO2.ClH/c1-4-5-6-7-8-9-12-19(2,3)14-16-10-11-17-18(13-16)21-15-20-17;/h10-11,13H,4-9,12,14-15H2,1-3H3;1H/q+1;/p-1. The second-order valence-electron chi connectivity index (χ2n) is 6.77. The van der Waals surface area contributed by atoms with Crippen LogP contribution in [-0.4, -0.2) is 31.9 Å². The molecule has 22 heavy (non-hydrogen) atoms. The number of hydrogen-bond acceptors (Lipinski definition) is 2. The van der Waals surface area contributed by atoms with E-state index in [4.69, 9.17) is 9.47 Å². The first-order valence-electron chi connectivity index (χ1n) is 8.31. The molecule has 0 saturated heterocycles. The van der Waals surface area contributed by atoms with Gasteiger partial charge in [-0.15, -0.1) is 0 Å². The number of benzene rings is 1. The third-order valence-corrected chi connectivity index (χ3v) is 4.16. The summed E-state index contributed by atoms with van der Waals surface area (Å²) in [6.07, 6.45) is 8.18. The second kappa shape index (κ2) is 9.26. The van der Waals surface area contributed by atoms with E-state index < -0.39 is 0 Å². The summed E-state index contributed by atoms with van der Waals surface area (Å²) in [5.74, 6) is 1.77. The van der Waals surface area contributed by atoms with E-state index in [0.717, 1.165) is 22.5 Å². The molecule has 0 aromatic heterocycles. The lowest BCUT2D eigenvalue weighted by Crippen LogP contribution is -3.00. The van der Waals surface area contributed by atoms with Crippen molar-refractivity contribution in [1.29, 1.82) is 0 Å². The quantitative estimate of drug-likeness (QED) is 0.503. The van der Waals surface area contributed by atoms with Gasteiger partial charge in [0.1, 0.15) is 6.54 Å². The largest absolute Gasteiger partial charge is 1.00 e. The van der Waals surface area contributed by atoms with Crippen molar-refractivity contribution in [2.75, 3.05) is 27.4 Å². The Bertz CT molecular complexity index is 449. The van der Waals surface area contributed by atoms with E-state index >= 15 is 0 Å². The van der Waals surface area contributed by atoms with Gasteiger partial charge in [0.05, 0.1) is 20.6 Å². The molecule has 1 aromatic carbocycles. The van der Waals surface area contributed by atoms with Gasteiger partial charge < -0.3 is 26.4 Å². The van der Waals surface area contributed by atoms with E-state index in [-0.39, 0.29) is 12.4 Å². The summed E-state index contributed by atoms with van der Waals surface area (Å²) in [5, 5.41) is 0. The Morgan fingerprint density at radius 3 is 2.41 bits per heavy atom. The van der Waals surface area contributed by atoms with Crippen LogP contribution in [0.2, 0.25) is 0 Å². The van der Waals surface area contributed by atoms with Crippen LogP contribution in [0, 0.1) is 0 Å². The van der Waals surface area contributed by atoms with Crippen molar-refractivity contribution < 1.29 is 26.4 Å². The van der Waals surface area contributed by atoms with Crippen LogP contribution in [0.25, 0.3) is 0 Å². The molecule has 0 unspecified atom stereocenters. The number of rotatable bonds is 9. The van der Waals surface area contributed by atoms with Gasteiger partial charge in [-0.25, -0.2) is 0 Å². The molecule has 3 nitrogen and oxygen atoms in total. The van der Waals surface area contributed by atoms with E-state index in [1.54, 1.807) is 0 Å². The lowest BCUT2D eigenvalue weighted by molar-refractivity contribution is -0.903. The average Bonchev–Trinajstić information content (AvgIpc) is 2.89. The Balaban J connectivity index is 0.00000242. The molecule has 4 heteroatoms. The molecule has 0 N–H and O–H groups in total. The fourth-order valence-corrected chi connectivity index (χ4v) is 2.93. The SMILES string of the molecule is CCCCCCCC[N+](C)(C)Cc1ccc2c(c1)OCO2.[Cl-]. The molecule has 126 valence electrons. The maximum absolute atomic E-state index is 5.46. The summed E-state index contributed by atoms with van der Waals surface area (Å²) < 4.78 is 11.9. The van der Waals surface area contributed by atoms with E-state index in [1.807, 2.05) is 6.07 Å². The van der Waals surface area contributed by atoms with Crippen molar-refractivity contribution in [3.05, 3.63) is 23.8 Å². The van der Waals surface area contributed by atoms with Gasteiger partial charge in [-0.3, -0.25) is 0 Å². The molecule has 1 heterocycles. The number of quaternary nitrogens is 1. The number of unbranched alkanes of at least 4 members (excludes halogenated alkanes) is 5. The van der Waals surface area contributed by atoms with Crippen LogP contribution in [0.1, 0.15) is 51.0 Å². The first kappa shape index (κ1) is 19.1. The first-order chi connectivity index (χ1) is 10.1. The zero-order valence-corrected chi connectivity index (χ0v) is 15.0. The van der Waals surface area contributed by atoms with Crippen molar-refractivity contribution in [3.63, 3.8) is 0 Å². The molecule has 0 amide bonds. The summed E-state index contributed by atoms with van der Waals surface area (Å²) in [5.41, 5.74) is 1.33. The minimum Gasteiger partial charge on any atom is -1.00 e. The van der Waals surface area contributed by atoms with Gasteiger partial charge in [0, 0.05) is 5.56 Å². The molecule has 1 aromatic rings. The number of hydrogen-bond donors (Lipinski definition) is 0. The molecule has 1 aliphatic heterocycles. The minimum atomic E-state index is 0. The van der Waals surface area contributed by atoms with E-state index in [9.17, 15) is 0 Å². The third-order valence-electron chi connectivity index (χ3n) is 4.16. The van der Waals surface area contributed by atoms with Crippen LogP contribution in [0.3, 0.4) is 0 Å². The van der Waals surface area contributed by atoms with Gasteiger partial charge in [0.2, 0.25) is 6.79 Å². The number of nitrogens with zero attached hydrogens (tertiary/aromatic N) is 1. The Hall–Kier alpha value is -0.930. The van der Waals surface area contributed by atoms with Gasteiger partial charge >= 0.3 is 0 Å². The van der Waals surface area contributed by atoms with E-state index in [2.05, 4.69) is 33.2 Å². The fraction of sp³-hybridized carbons (Fsp3) is 0.667. The van der Waals surface area contributed by atoms with Crippen LogP contribution in [0.5, 0.6) is 11.5 Å². The van der Waals surface area contributed by atoms with Crippen molar-refractivity contribution in [2.45, 2.75) is 52.0 Å². The molecule has 0 bridgehead atoms. The molecule has 0 aliphatic carbocycles. The highest BCUT2D eigenvalue weighted by Gasteiger charge is 2.19. The number of halogens is 1. The van der Waals surface area contributed by atoms with Crippen LogP contribution < -0.4 is 21.9 Å². The highest BCUT2D eigenvalue weighted by Crippen LogP contribution is 2.33. The zero-order valence-electron chi connectivity index (χ0n) is 14.2. The van der Waals surface area contributed by atoms with Gasteiger partial charge in [0.15, 0.2) is 11.5 Å². The lowest BCUT2D eigenvalue weighted by Gasteiger charge is -2.30. The number of fused-ring (bicyclic) bond motifs is 1. The van der Waals surface area contributed by atoms with Crippen molar-refractivity contribution in [2.24, 2.45) is 0 Å². The Labute approximate surface area is 141 Å². The summed E-state index contributed by atoms with van der Waals surface area (Å²) in [6.45, 7) is 4.91. The van der Waals surface area contributed by atoms with Gasteiger partial charge in [0.25, 0.3) is 0 Å². The smallest absolute Gasteiger partial charge is 0.231 e. The third kappa shape index (κ3) is 6.05. The molecule has 2 rings (SSSR count). The summed E-state index contributed by atoms with van der Waals surface area (Å²) in [4.78, 5) is 0. The summed E-state index contributed by atoms with van der Waals surface area (Å²) in [7, 11) is 4.63. The average molecular weight is 328 g/mol. The summed E-state index contributed by atoms with van der Waals surface area (Å²) >= 11 is 0. The molecule has 0 atom stereocenters. The van der Waals surface area contributed by atoms with Crippen molar-refractivity contribution in [1.82, 2.24) is 0 Å². The topological polar surface area (TPSA) is 18.5 Å². The van der Waals surface area contributed by atoms with Gasteiger partial charge in [-0.05, 0) is 31.0 Å². The van der Waals surface area contributed by atoms with Gasteiger partial charge in [-0.2, -0.15) is 0 Å². The van der Waals surface area contributed by atoms with Gasteiger partial charge in [-0.1, -0.05) is 32.6 Å². The molecule has 0 spiro atoms. The Morgan fingerprint density at radius 2 is 1.64 bits per heavy atom. The lowest BCUT2D eigenvalue weighted by atomic mass is 10.1. The van der Waals surface area contributed by atoms with Crippen LogP contribution in [0.15, 0.2) is 18.2 Å². The highest BCUT2D eigenvalue weighted by atomic mass is 35.5. The molecule has 1 aliphatic rings. The Kier molecular flexibility index (Phi) is 8.05. The molecular weight excluding hydrogens is 298 g/mol. The van der Waals surface area contributed by atoms with Crippen LogP contribution in [-0.2, 0) is 6.54 Å².